The second-order valence-electron chi connectivity index (χ2n) is 1.63. The molecule has 4 nitrogen and oxygen atoms in total. The molecule has 0 saturated heterocycles. The van der Waals surface area contributed by atoms with Gasteiger partial charge in [-0.15, -0.1) is 4.91 Å². The maximum absolute atomic E-state index is 9.99. The number of nitrogens with zero attached hydrogens (tertiary/aromatic N) is 2. The van der Waals surface area contributed by atoms with E-state index >= 15 is 0 Å². The van der Waals surface area contributed by atoms with Crippen molar-refractivity contribution in [2.75, 3.05) is 5.73 Å². The minimum absolute atomic E-state index is 0.00386. The van der Waals surface area contributed by atoms with Crippen molar-refractivity contribution in [3.05, 3.63) is 22.3 Å². The van der Waals surface area contributed by atoms with Crippen LogP contribution in [0.1, 0.15) is 0 Å². The molecule has 0 unspecified atom stereocenters. The first-order chi connectivity index (χ1) is 4.75. The Morgan fingerprint density at radius 3 is 2.80 bits per heavy atom. The van der Waals surface area contributed by atoms with Crippen LogP contribution in [-0.4, -0.2) is 4.98 Å². The molecular formula is C5H4ClN3O. The van der Waals surface area contributed by atoms with E-state index in [-0.39, 0.29) is 16.5 Å². The molecule has 2 N–H and O–H groups in total. The zero-order valence-corrected chi connectivity index (χ0v) is 5.67. The van der Waals surface area contributed by atoms with Gasteiger partial charge in [-0.1, -0.05) is 11.6 Å². The summed E-state index contributed by atoms with van der Waals surface area (Å²) in [7, 11) is 0. The predicted octanol–water partition coefficient (Wildman–Crippen LogP) is 1.72. The molecule has 0 bridgehead atoms. The maximum atomic E-state index is 9.99. The van der Waals surface area contributed by atoms with Crippen LogP contribution in [-0.2, 0) is 0 Å². The largest absolute Gasteiger partial charge is 0.397 e. The van der Waals surface area contributed by atoms with Gasteiger partial charge in [0.2, 0.25) is 0 Å². The average Bonchev–Trinajstić information content (AvgIpc) is 1.88. The third-order valence-corrected chi connectivity index (χ3v) is 1.28. The van der Waals surface area contributed by atoms with E-state index in [1.54, 1.807) is 0 Å². The van der Waals surface area contributed by atoms with Crippen molar-refractivity contribution in [2.45, 2.75) is 0 Å². The van der Waals surface area contributed by atoms with Crippen LogP contribution in [0.4, 0.5) is 11.4 Å². The number of nitrogen functional groups attached to an aromatic ring is 1. The zero-order chi connectivity index (χ0) is 7.56. The summed E-state index contributed by atoms with van der Waals surface area (Å²) in [5.41, 5.74) is 5.56. The van der Waals surface area contributed by atoms with Gasteiger partial charge in [0.1, 0.15) is 0 Å². The molecule has 0 aliphatic carbocycles. The fourth-order valence-electron chi connectivity index (χ4n) is 0.533. The van der Waals surface area contributed by atoms with Gasteiger partial charge in [-0.05, 0) is 11.2 Å². The SMILES string of the molecule is Nc1ccnc(Cl)c1N=O. The van der Waals surface area contributed by atoms with Crippen molar-refractivity contribution in [3.8, 4) is 0 Å². The van der Waals surface area contributed by atoms with Gasteiger partial charge in [0.05, 0.1) is 5.69 Å². The lowest BCUT2D eigenvalue weighted by Crippen LogP contribution is -1.86. The van der Waals surface area contributed by atoms with Crippen LogP contribution in [0, 0.1) is 4.91 Å². The standard InChI is InChI=1S/C5H4ClN3O/c6-5-4(9-10)3(7)1-2-8-5/h1-2H,(H2,7,8). The lowest BCUT2D eigenvalue weighted by molar-refractivity contribution is 1.30. The molecule has 0 spiro atoms. The summed E-state index contributed by atoms with van der Waals surface area (Å²) >= 11 is 5.44. The van der Waals surface area contributed by atoms with Crippen molar-refractivity contribution >= 4 is 23.0 Å². The monoisotopic (exact) mass is 157 g/mol. The van der Waals surface area contributed by atoms with E-state index in [4.69, 9.17) is 17.3 Å². The van der Waals surface area contributed by atoms with Crippen molar-refractivity contribution in [2.24, 2.45) is 5.18 Å². The number of anilines is 1. The molecule has 52 valence electrons. The van der Waals surface area contributed by atoms with Crippen LogP contribution in [0.5, 0.6) is 0 Å². The van der Waals surface area contributed by atoms with Crippen LogP contribution in [0.15, 0.2) is 17.4 Å². The van der Waals surface area contributed by atoms with Gasteiger partial charge in [0.25, 0.3) is 0 Å². The number of rotatable bonds is 1. The predicted molar refractivity (Wildman–Crippen MR) is 39.1 cm³/mol. The molecular weight excluding hydrogens is 154 g/mol. The fourth-order valence-corrected chi connectivity index (χ4v) is 0.733. The first-order valence-corrected chi connectivity index (χ1v) is 2.87. The zero-order valence-electron chi connectivity index (χ0n) is 4.91. The molecule has 0 atom stereocenters. The highest BCUT2D eigenvalue weighted by Gasteiger charge is 2.03. The summed E-state index contributed by atoms with van der Waals surface area (Å²) < 4.78 is 0. The van der Waals surface area contributed by atoms with Crippen molar-refractivity contribution in [1.82, 2.24) is 4.98 Å². The second kappa shape index (κ2) is 2.62. The van der Waals surface area contributed by atoms with Gasteiger partial charge in [-0.2, -0.15) is 0 Å². The Morgan fingerprint density at radius 2 is 2.40 bits per heavy atom. The summed E-state index contributed by atoms with van der Waals surface area (Å²) in [6.45, 7) is 0. The van der Waals surface area contributed by atoms with Gasteiger partial charge in [0, 0.05) is 6.20 Å². The Balaban J connectivity index is 3.30. The van der Waals surface area contributed by atoms with Crippen LogP contribution in [0.3, 0.4) is 0 Å². The molecule has 0 amide bonds. The number of aromatic nitrogens is 1. The van der Waals surface area contributed by atoms with Gasteiger partial charge >= 0.3 is 0 Å². The van der Waals surface area contributed by atoms with Crippen molar-refractivity contribution in [3.63, 3.8) is 0 Å². The summed E-state index contributed by atoms with van der Waals surface area (Å²) in [6, 6.07) is 1.46. The van der Waals surface area contributed by atoms with E-state index in [9.17, 15) is 4.91 Å². The van der Waals surface area contributed by atoms with Crippen LogP contribution < -0.4 is 5.73 Å². The van der Waals surface area contributed by atoms with Crippen LogP contribution >= 0.6 is 11.6 Å². The number of halogens is 1. The quantitative estimate of drug-likeness (QED) is 0.499. The second-order valence-corrected chi connectivity index (χ2v) is 1.99. The van der Waals surface area contributed by atoms with E-state index in [0.29, 0.717) is 0 Å². The van der Waals surface area contributed by atoms with Gasteiger partial charge in [-0.25, -0.2) is 4.98 Å². The minimum atomic E-state index is 0.00386. The molecule has 1 aromatic rings. The van der Waals surface area contributed by atoms with Crippen molar-refractivity contribution in [1.29, 1.82) is 0 Å². The molecule has 10 heavy (non-hydrogen) atoms. The Bertz CT molecular complexity index is 243. The summed E-state index contributed by atoms with van der Waals surface area (Å²) in [5.74, 6) is 0. The fraction of sp³-hybridized carbons (Fsp3) is 0. The molecule has 0 fully saturated rings. The minimum Gasteiger partial charge on any atom is -0.397 e. The molecule has 0 radical (unpaired) electrons. The summed E-state index contributed by atoms with van der Waals surface area (Å²) in [5, 5.41) is 2.64. The Labute approximate surface area is 62.0 Å². The lowest BCUT2D eigenvalue weighted by atomic mass is 10.4. The number of pyridine rings is 1. The Morgan fingerprint density at radius 1 is 1.70 bits per heavy atom. The van der Waals surface area contributed by atoms with Gasteiger partial charge in [0.15, 0.2) is 10.8 Å². The highest BCUT2D eigenvalue weighted by Crippen LogP contribution is 2.27. The van der Waals surface area contributed by atoms with Crippen LogP contribution in [0.25, 0.3) is 0 Å². The van der Waals surface area contributed by atoms with E-state index in [1.165, 1.54) is 12.3 Å². The summed E-state index contributed by atoms with van der Waals surface area (Å²) in [6.07, 6.45) is 1.41. The molecule has 0 aliphatic rings. The molecule has 1 aromatic heterocycles. The molecule has 0 saturated carbocycles. The molecule has 0 aromatic carbocycles. The maximum Gasteiger partial charge on any atom is 0.168 e. The summed E-state index contributed by atoms with van der Waals surface area (Å²) in [4.78, 5) is 13.6. The topological polar surface area (TPSA) is 68.3 Å². The van der Waals surface area contributed by atoms with E-state index < -0.39 is 0 Å². The Kier molecular flexibility index (Phi) is 1.82. The molecule has 5 heteroatoms. The third-order valence-electron chi connectivity index (χ3n) is 1.00. The number of nitrogens with two attached hydrogens (primary N) is 1. The molecule has 1 rings (SSSR count). The molecule has 0 aliphatic heterocycles. The number of nitroso groups, excluding NO2 is 1. The smallest absolute Gasteiger partial charge is 0.168 e. The number of hydrogen-bond donors (Lipinski definition) is 1. The number of hydrogen-bond acceptors (Lipinski definition) is 4. The highest BCUT2D eigenvalue weighted by molar-refractivity contribution is 6.32. The van der Waals surface area contributed by atoms with E-state index in [0.717, 1.165) is 0 Å². The normalized spacial score (nSPS) is 9.30. The van der Waals surface area contributed by atoms with E-state index in [1.807, 2.05) is 0 Å². The average molecular weight is 158 g/mol. The van der Waals surface area contributed by atoms with Gasteiger partial charge < -0.3 is 5.73 Å². The van der Waals surface area contributed by atoms with Crippen molar-refractivity contribution < 1.29 is 0 Å². The molecule has 1 heterocycles. The Hall–Kier alpha value is -1.16. The third kappa shape index (κ3) is 1.06. The highest BCUT2D eigenvalue weighted by atomic mass is 35.5. The van der Waals surface area contributed by atoms with Gasteiger partial charge in [-0.3, -0.25) is 0 Å². The first-order valence-electron chi connectivity index (χ1n) is 2.49. The van der Waals surface area contributed by atoms with E-state index in [2.05, 4.69) is 10.2 Å². The lowest BCUT2D eigenvalue weighted by Gasteiger charge is -1.95. The first kappa shape index (κ1) is 6.95. The van der Waals surface area contributed by atoms with Crippen LogP contribution in [0.2, 0.25) is 5.15 Å².